The minimum atomic E-state index is 0.00782. The van der Waals surface area contributed by atoms with Gasteiger partial charge in [0.2, 0.25) is 0 Å². The predicted octanol–water partition coefficient (Wildman–Crippen LogP) is 2.24. The van der Waals surface area contributed by atoms with Gasteiger partial charge in [-0.1, -0.05) is 6.92 Å². The highest BCUT2D eigenvalue weighted by Crippen LogP contribution is 2.20. The van der Waals surface area contributed by atoms with Crippen LogP contribution in [0.25, 0.3) is 0 Å². The van der Waals surface area contributed by atoms with Crippen molar-refractivity contribution in [1.29, 1.82) is 0 Å². The second-order valence-corrected chi connectivity index (χ2v) is 5.39. The summed E-state index contributed by atoms with van der Waals surface area (Å²) in [5, 5.41) is 7.94. The molecule has 0 radical (unpaired) electrons. The number of carbonyl (C=O) groups excluding carboxylic acids is 1. The van der Waals surface area contributed by atoms with Crippen molar-refractivity contribution in [2.45, 2.75) is 13.3 Å². The van der Waals surface area contributed by atoms with Crippen molar-refractivity contribution in [2.24, 2.45) is 0 Å². The molecule has 0 saturated heterocycles. The molecule has 0 bridgehead atoms. The van der Waals surface area contributed by atoms with Crippen LogP contribution in [0.4, 0.5) is 0 Å². The van der Waals surface area contributed by atoms with E-state index in [0.717, 1.165) is 35.4 Å². The SMILES string of the molecule is CCNCCCNC(=O)c1csc(Br)c1. The van der Waals surface area contributed by atoms with E-state index in [1.165, 1.54) is 11.3 Å². The Labute approximate surface area is 102 Å². The fraction of sp³-hybridized carbons (Fsp3) is 0.500. The third-order valence-corrected chi connectivity index (χ3v) is 3.40. The molecule has 3 nitrogen and oxygen atoms in total. The maximum atomic E-state index is 11.5. The third kappa shape index (κ3) is 4.77. The first kappa shape index (κ1) is 12.7. The molecule has 1 aromatic heterocycles. The highest BCUT2D eigenvalue weighted by Gasteiger charge is 2.06. The summed E-state index contributed by atoms with van der Waals surface area (Å²) in [6.07, 6.45) is 0.963. The predicted molar refractivity (Wildman–Crippen MR) is 67.5 cm³/mol. The molecule has 15 heavy (non-hydrogen) atoms. The molecule has 0 unspecified atom stereocenters. The van der Waals surface area contributed by atoms with E-state index in [0.29, 0.717) is 0 Å². The Morgan fingerprint density at radius 3 is 2.93 bits per heavy atom. The molecule has 0 aliphatic rings. The lowest BCUT2D eigenvalue weighted by atomic mass is 10.3. The van der Waals surface area contributed by atoms with Crippen molar-refractivity contribution in [2.75, 3.05) is 19.6 Å². The van der Waals surface area contributed by atoms with Gasteiger partial charge in [-0.2, -0.15) is 0 Å². The molecule has 84 valence electrons. The number of nitrogens with one attached hydrogen (secondary N) is 2. The summed E-state index contributed by atoms with van der Waals surface area (Å²) in [5.41, 5.74) is 0.732. The first-order valence-corrected chi connectivity index (χ1v) is 6.64. The van der Waals surface area contributed by atoms with E-state index in [1.807, 2.05) is 11.4 Å². The lowest BCUT2D eigenvalue weighted by Gasteiger charge is -2.03. The number of hydrogen-bond donors (Lipinski definition) is 2. The van der Waals surface area contributed by atoms with Crippen molar-refractivity contribution < 1.29 is 4.79 Å². The Kier molecular flexibility index (Phi) is 5.90. The molecule has 0 atom stereocenters. The number of carbonyl (C=O) groups is 1. The summed E-state index contributed by atoms with van der Waals surface area (Å²) in [4.78, 5) is 11.5. The van der Waals surface area contributed by atoms with E-state index in [1.54, 1.807) is 0 Å². The van der Waals surface area contributed by atoms with Gasteiger partial charge < -0.3 is 10.6 Å². The van der Waals surface area contributed by atoms with Gasteiger partial charge in [-0.05, 0) is 41.5 Å². The molecule has 1 rings (SSSR count). The largest absolute Gasteiger partial charge is 0.352 e. The summed E-state index contributed by atoms with van der Waals surface area (Å²) in [7, 11) is 0. The second kappa shape index (κ2) is 6.98. The molecule has 0 fully saturated rings. The van der Waals surface area contributed by atoms with E-state index in [9.17, 15) is 4.79 Å². The Morgan fingerprint density at radius 1 is 1.53 bits per heavy atom. The fourth-order valence-electron chi connectivity index (χ4n) is 1.12. The van der Waals surface area contributed by atoms with E-state index in [2.05, 4.69) is 33.5 Å². The van der Waals surface area contributed by atoms with Crippen LogP contribution in [-0.4, -0.2) is 25.5 Å². The molecule has 1 aromatic rings. The number of thiophene rings is 1. The number of rotatable bonds is 6. The van der Waals surface area contributed by atoms with Crippen LogP contribution >= 0.6 is 27.3 Å². The zero-order chi connectivity index (χ0) is 11.1. The summed E-state index contributed by atoms with van der Waals surface area (Å²) >= 11 is 4.85. The summed E-state index contributed by atoms with van der Waals surface area (Å²) in [5.74, 6) is 0.00782. The lowest BCUT2D eigenvalue weighted by molar-refractivity contribution is 0.0953. The lowest BCUT2D eigenvalue weighted by Crippen LogP contribution is -2.26. The van der Waals surface area contributed by atoms with Crippen LogP contribution in [0.2, 0.25) is 0 Å². The monoisotopic (exact) mass is 290 g/mol. The standard InChI is InChI=1S/C10H15BrN2OS/c1-2-12-4-3-5-13-10(14)8-6-9(11)15-7-8/h6-7,12H,2-5H2,1H3,(H,13,14). The molecule has 1 heterocycles. The van der Waals surface area contributed by atoms with Gasteiger partial charge in [0.15, 0.2) is 0 Å². The number of halogens is 1. The molecule has 0 saturated carbocycles. The summed E-state index contributed by atoms with van der Waals surface area (Å²) in [6, 6.07) is 1.84. The summed E-state index contributed by atoms with van der Waals surface area (Å²) < 4.78 is 0.986. The van der Waals surface area contributed by atoms with Gasteiger partial charge in [-0.15, -0.1) is 11.3 Å². The Balaban J connectivity index is 2.19. The van der Waals surface area contributed by atoms with Gasteiger partial charge in [-0.3, -0.25) is 4.79 Å². The zero-order valence-electron chi connectivity index (χ0n) is 8.68. The molecule has 0 aliphatic heterocycles. The number of hydrogen-bond acceptors (Lipinski definition) is 3. The summed E-state index contributed by atoms with van der Waals surface area (Å²) in [6.45, 7) is 4.72. The molecule has 5 heteroatoms. The van der Waals surface area contributed by atoms with E-state index < -0.39 is 0 Å². The van der Waals surface area contributed by atoms with Gasteiger partial charge >= 0.3 is 0 Å². The normalized spacial score (nSPS) is 10.3. The van der Waals surface area contributed by atoms with Crippen LogP contribution < -0.4 is 10.6 Å². The minimum absolute atomic E-state index is 0.00782. The van der Waals surface area contributed by atoms with Crippen molar-refractivity contribution in [3.63, 3.8) is 0 Å². The van der Waals surface area contributed by atoms with Crippen LogP contribution in [0, 0.1) is 0 Å². The van der Waals surface area contributed by atoms with Crippen molar-refractivity contribution >= 4 is 33.2 Å². The maximum Gasteiger partial charge on any atom is 0.252 e. The first-order valence-electron chi connectivity index (χ1n) is 4.97. The van der Waals surface area contributed by atoms with Crippen molar-refractivity contribution in [1.82, 2.24) is 10.6 Å². The quantitative estimate of drug-likeness (QED) is 0.789. The smallest absolute Gasteiger partial charge is 0.252 e. The second-order valence-electron chi connectivity index (χ2n) is 3.10. The Bertz CT molecular complexity index is 314. The Morgan fingerprint density at radius 2 is 2.33 bits per heavy atom. The average molecular weight is 291 g/mol. The molecule has 2 N–H and O–H groups in total. The van der Waals surface area contributed by atoms with Gasteiger partial charge in [0.05, 0.1) is 9.35 Å². The van der Waals surface area contributed by atoms with Gasteiger partial charge in [-0.25, -0.2) is 0 Å². The highest BCUT2D eigenvalue weighted by atomic mass is 79.9. The van der Waals surface area contributed by atoms with Crippen LogP contribution in [-0.2, 0) is 0 Å². The van der Waals surface area contributed by atoms with Gasteiger partial charge in [0.25, 0.3) is 5.91 Å². The highest BCUT2D eigenvalue weighted by molar-refractivity contribution is 9.11. The van der Waals surface area contributed by atoms with Crippen LogP contribution in [0.15, 0.2) is 15.2 Å². The fourth-order valence-corrected chi connectivity index (χ4v) is 2.26. The minimum Gasteiger partial charge on any atom is -0.352 e. The molecule has 0 aromatic carbocycles. The van der Waals surface area contributed by atoms with Crippen LogP contribution in [0.3, 0.4) is 0 Å². The van der Waals surface area contributed by atoms with Crippen molar-refractivity contribution in [3.8, 4) is 0 Å². The first-order chi connectivity index (χ1) is 7.24. The van der Waals surface area contributed by atoms with E-state index in [4.69, 9.17) is 0 Å². The average Bonchev–Trinajstić information content (AvgIpc) is 2.64. The topological polar surface area (TPSA) is 41.1 Å². The molecule has 0 spiro atoms. The van der Waals surface area contributed by atoms with E-state index >= 15 is 0 Å². The Hall–Kier alpha value is -0.390. The molecular weight excluding hydrogens is 276 g/mol. The number of amides is 1. The van der Waals surface area contributed by atoms with Crippen molar-refractivity contribution in [3.05, 3.63) is 20.8 Å². The molecule has 1 amide bonds. The van der Waals surface area contributed by atoms with Crippen LogP contribution in [0.5, 0.6) is 0 Å². The van der Waals surface area contributed by atoms with Crippen LogP contribution in [0.1, 0.15) is 23.7 Å². The van der Waals surface area contributed by atoms with E-state index in [-0.39, 0.29) is 5.91 Å². The molecular formula is C10H15BrN2OS. The van der Waals surface area contributed by atoms with Gasteiger partial charge in [0, 0.05) is 11.9 Å². The molecule has 0 aliphatic carbocycles. The van der Waals surface area contributed by atoms with Gasteiger partial charge in [0.1, 0.15) is 0 Å². The maximum absolute atomic E-state index is 11.5. The third-order valence-electron chi connectivity index (χ3n) is 1.90. The zero-order valence-corrected chi connectivity index (χ0v) is 11.1.